The third-order valence-electron chi connectivity index (χ3n) is 6.34. The lowest BCUT2D eigenvalue weighted by Crippen LogP contribution is -2.30. The number of thiophene rings is 1. The average Bonchev–Trinajstić information content (AvgIpc) is 3.38. The van der Waals surface area contributed by atoms with Gasteiger partial charge in [0.25, 0.3) is 0 Å². The topological polar surface area (TPSA) is 88.6 Å². The first kappa shape index (κ1) is 24.7. The van der Waals surface area contributed by atoms with Gasteiger partial charge in [-0.15, -0.1) is 11.3 Å². The second-order valence-corrected chi connectivity index (χ2v) is 9.91. The maximum absolute atomic E-state index is 11.7. The molecule has 0 aliphatic carbocycles. The van der Waals surface area contributed by atoms with Gasteiger partial charge >= 0.3 is 0 Å². The lowest BCUT2D eigenvalue weighted by molar-refractivity contribution is -0.111. The Morgan fingerprint density at radius 2 is 2.11 bits per heavy atom. The molecule has 1 amide bonds. The molecule has 0 saturated carbocycles. The number of amides is 1. The smallest absolute Gasteiger partial charge is 0.247 e. The van der Waals surface area contributed by atoms with Crippen LogP contribution in [0.2, 0.25) is 0 Å². The molecule has 8 nitrogen and oxygen atoms in total. The second kappa shape index (κ2) is 11.0. The Balaban J connectivity index is 1.41. The molecule has 1 aliphatic heterocycles. The lowest BCUT2D eigenvalue weighted by Gasteiger charge is -2.30. The molecule has 1 aliphatic rings. The van der Waals surface area contributed by atoms with E-state index in [0.717, 1.165) is 34.7 Å². The van der Waals surface area contributed by atoms with E-state index in [9.17, 15) is 4.79 Å². The van der Waals surface area contributed by atoms with Gasteiger partial charge in [-0.05, 0) is 79.7 Å². The molecule has 0 spiro atoms. The summed E-state index contributed by atoms with van der Waals surface area (Å²) in [7, 11) is 3.84. The number of piperidine rings is 1. The average molecular weight is 516 g/mol. The highest BCUT2D eigenvalue weighted by molar-refractivity contribution is 7.17. The number of ether oxygens (including phenoxy) is 2. The van der Waals surface area contributed by atoms with Crippen LogP contribution in [0.25, 0.3) is 10.2 Å². The molecule has 2 aromatic heterocycles. The van der Waals surface area contributed by atoms with Gasteiger partial charge in [0, 0.05) is 18.3 Å². The molecule has 0 radical (unpaired) electrons. The van der Waals surface area contributed by atoms with Gasteiger partial charge in [0.1, 0.15) is 16.2 Å². The van der Waals surface area contributed by atoms with E-state index >= 15 is 0 Å². The summed E-state index contributed by atoms with van der Waals surface area (Å²) in [5.41, 5.74) is 3.43. The van der Waals surface area contributed by atoms with Crippen molar-refractivity contribution >= 4 is 44.8 Å². The Morgan fingerprint density at radius 3 is 2.92 bits per heavy atom. The van der Waals surface area contributed by atoms with Crippen LogP contribution in [0.4, 0.5) is 17.3 Å². The third-order valence-corrected chi connectivity index (χ3v) is 7.23. The van der Waals surface area contributed by atoms with Crippen molar-refractivity contribution in [2.75, 3.05) is 37.9 Å². The molecule has 1 fully saturated rings. The highest BCUT2D eigenvalue weighted by Crippen LogP contribution is 2.36. The van der Waals surface area contributed by atoms with Crippen LogP contribution in [-0.2, 0) is 4.79 Å². The predicted molar refractivity (Wildman–Crippen MR) is 149 cm³/mol. The fourth-order valence-corrected chi connectivity index (χ4v) is 5.28. The minimum atomic E-state index is -0.290. The van der Waals surface area contributed by atoms with E-state index in [0.29, 0.717) is 29.2 Å². The highest BCUT2D eigenvalue weighted by Gasteiger charge is 2.20. The van der Waals surface area contributed by atoms with Crippen molar-refractivity contribution in [1.82, 2.24) is 14.9 Å². The minimum Gasteiger partial charge on any atom is -0.495 e. The first-order chi connectivity index (χ1) is 18.0. The molecule has 1 saturated heterocycles. The van der Waals surface area contributed by atoms with Crippen LogP contribution in [0, 0.1) is 0 Å². The zero-order chi connectivity index (χ0) is 25.8. The third kappa shape index (κ3) is 5.73. The van der Waals surface area contributed by atoms with Crippen molar-refractivity contribution in [1.29, 1.82) is 0 Å². The number of rotatable bonds is 8. The fraction of sp³-hybridized carbons (Fsp3) is 0.250. The number of carbonyl (C=O) groups is 1. The number of methoxy groups -OCH3 is 1. The summed E-state index contributed by atoms with van der Waals surface area (Å²) >= 11 is 1.50. The summed E-state index contributed by atoms with van der Waals surface area (Å²) in [6.07, 6.45) is 3.60. The predicted octanol–water partition coefficient (Wildman–Crippen LogP) is 6.17. The maximum Gasteiger partial charge on any atom is 0.247 e. The Kier molecular flexibility index (Phi) is 7.34. The first-order valence-electron chi connectivity index (χ1n) is 12.1. The SMILES string of the molecule is C=CC(=O)Nc1cccc(Oc2nc(Nc3ccc(C4CCCN(C)C4)cc3OC)nc3ccsc23)c1. The molecule has 0 bridgehead atoms. The quantitative estimate of drug-likeness (QED) is 0.271. The molecule has 5 rings (SSSR count). The van der Waals surface area contributed by atoms with Gasteiger partial charge in [0.2, 0.25) is 17.7 Å². The van der Waals surface area contributed by atoms with Crippen molar-refractivity contribution in [3.63, 3.8) is 0 Å². The van der Waals surface area contributed by atoms with Gasteiger partial charge in [0.15, 0.2) is 0 Å². The van der Waals surface area contributed by atoms with Crippen LogP contribution in [-0.4, -0.2) is 48.0 Å². The number of carbonyl (C=O) groups excluding carboxylic acids is 1. The van der Waals surface area contributed by atoms with E-state index in [1.54, 1.807) is 25.3 Å². The van der Waals surface area contributed by atoms with E-state index in [1.165, 1.54) is 35.8 Å². The molecule has 4 aromatic rings. The zero-order valence-corrected chi connectivity index (χ0v) is 21.7. The number of nitrogens with one attached hydrogen (secondary N) is 2. The van der Waals surface area contributed by atoms with Crippen LogP contribution in [0.15, 0.2) is 66.6 Å². The van der Waals surface area contributed by atoms with Crippen LogP contribution >= 0.6 is 11.3 Å². The number of likely N-dealkylation sites (tertiary alicyclic amines) is 1. The summed E-state index contributed by atoms with van der Waals surface area (Å²) < 4.78 is 12.7. The maximum atomic E-state index is 11.7. The second-order valence-electron chi connectivity index (χ2n) is 9.00. The van der Waals surface area contributed by atoms with Crippen LogP contribution in [0.3, 0.4) is 0 Å². The standard InChI is InChI=1S/C28H29N5O3S/c1-4-25(34)29-20-8-5-9-21(16-20)36-27-26-23(12-14-37-26)31-28(32-27)30-22-11-10-18(15-24(22)35-3)19-7-6-13-33(2)17-19/h4-5,8-12,14-16,19H,1,6-7,13,17H2,2-3H3,(H,29,34)(H,30,31,32). The molecule has 3 heterocycles. The van der Waals surface area contributed by atoms with Gasteiger partial charge in [-0.1, -0.05) is 18.7 Å². The van der Waals surface area contributed by atoms with Gasteiger partial charge in [-0.25, -0.2) is 4.98 Å². The Bertz CT molecular complexity index is 1440. The van der Waals surface area contributed by atoms with Crippen molar-refractivity contribution in [2.45, 2.75) is 18.8 Å². The van der Waals surface area contributed by atoms with Crippen LogP contribution in [0.1, 0.15) is 24.3 Å². The van der Waals surface area contributed by atoms with E-state index < -0.39 is 0 Å². The molecule has 37 heavy (non-hydrogen) atoms. The summed E-state index contributed by atoms with van der Waals surface area (Å²) in [5, 5.41) is 8.01. The number of nitrogens with zero attached hydrogens (tertiary/aromatic N) is 3. The Labute approximate surface area is 220 Å². The Morgan fingerprint density at radius 1 is 1.22 bits per heavy atom. The lowest BCUT2D eigenvalue weighted by atomic mass is 9.90. The molecule has 2 N–H and O–H groups in total. The number of likely N-dealkylation sites (N-methyl/N-ethyl adjacent to an activating group) is 1. The largest absolute Gasteiger partial charge is 0.495 e. The van der Waals surface area contributed by atoms with Crippen molar-refractivity contribution < 1.29 is 14.3 Å². The number of fused-ring (bicyclic) bond motifs is 1. The van der Waals surface area contributed by atoms with Crippen molar-refractivity contribution in [2.24, 2.45) is 0 Å². The van der Waals surface area contributed by atoms with Gasteiger partial charge in [0.05, 0.1) is 18.3 Å². The molecular weight excluding hydrogens is 486 g/mol. The van der Waals surface area contributed by atoms with Gasteiger partial charge in [-0.2, -0.15) is 4.98 Å². The monoisotopic (exact) mass is 515 g/mol. The number of benzene rings is 2. The minimum absolute atomic E-state index is 0.290. The van der Waals surface area contributed by atoms with Gasteiger partial charge < -0.3 is 25.0 Å². The van der Waals surface area contributed by atoms with Crippen LogP contribution in [0.5, 0.6) is 17.4 Å². The number of anilines is 3. The number of hydrogen-bond acceptors (Lipinski definition) is 8. The highest BCUT2D eigenvalue weighted by atomic mass is 32.1. The van der Waals surface area contributed by atoms with E-state index in [2.05, 4.69) is 51.3 Å². The molecule has 1 unspecified atom stereocenters. The van der Waals surface area contributed by atoms with Crippen molar-refractivity contribution in [3.05, 3.63) is 72.1 Å². The molecule has 9 heteroatoms. The number of hydrogen-bond donors (Lipinski definition) is 2. The summed E-state index contributed by atoms with van der Waals surface area (Å²) in [6.45, 7) is 5.68. The summed E-state index contributed by atoms with van der Waals surface area (Å²) in [6, 6.07) is 15.3. The summed E-state index contributed by atoms with van der Waals surface area (Å²) in [5.74, 6) is 2.32. The normalized spacial score (nSPS) is 15.8. The molecule has 190 valence electrons. The number of aromatic nitrogens is 2. The molecule has 1 atom stereocenters. The Hall–Kier alpha value is -3.95. The fourth-order valence-electron chi connectivity index (χ4n) is 4.53. The van der Waals surface area contributed by atoms with Gasteiger partial charge in [-0.3, -0.25) is 4.79 Å². The first-order valence-corrected chi connectivity index (χ1v) is 13.0. The zero-order valence-electron chi connectivity index (χ0n) is 20.9. The molecule has 2 aromatic carbocycles. The molecular formula is C28H29N5O3S. The van der Waals surface area contributed by atoms with E-state index in [4.69, 9.17) is 9.47 Å². The van der Waals surface area contributed by atoms with E-state index in [-0.39, 0.29) is 5.91 Å². The van der Waals surface area contributed by atoms with Crippen molar-refractivity contribution in [3.8, 4) is 17.4 Å². The van der Waals surface area contributed by atoms with E-state index in [1.807, 2.05) is 23.6 Å². The van der Waals surface area contributed by atoms with Crippen LogP contribution < -0.4 is 20.1 Å². The summed E-state index contributed by atoms with van der Waals surface area (Å²) in [4.78, 5) is 23.4.